The first-order valence-corrected chi connectivity index (χ1v) is 10.2. The highest BCUT2D eigenvalue weighted by molar-refractivity contribution is 5.94. The van der Waals surface area contributed by atoms with Crippen LogP contribution in [-0.2, 0) is 17.8 Å². The Kier molecular flexibility index (Phi) is 5.30. The number of amides is 1. The first-order valence-electron chi connectivity index (χ1n) is 10.2. The number of nitrogens with zero attached hydrogens (tertiary/aromatic N) is 5. The van der Waals surface area contributed by atoms with Crippen molar-refractivity contribution in [2.45, 2.75) is 57.9 Å². The average molecular weight is 384 g/mol. The van der Waals surface area contributed by atoms with Gasteiger partial charge in [0.1, 0.15) is 23.8 Å². The number of aliphatic hydroxyl groups is 1. The molecule has 0 saturated carbocycles. The minimum Gasteiger partial charge on any atom is -0.395 e. The van der Waals surface area contributed by atoms with Crippen LogP contribution in [0.3, 0.4) is 0 Å². The second-order valence-corrected chi connectivity index (χ2v) is 7.74. The molecule has 0 unspecified atom stereocenters. The van der Waals surface area contributed by atoms with Gasteiger partial charge in [-0.1, -0.05) is 13.8 Å². The molecule has 150 valence electrons. The van der Waals surface area contributed by atoms with Crippen LogP contribution in [0.2, 0.25) is 0 Å². The van der Waals surface area contributed by atoms with Crippen molar-refractivity contribution in [3.8, 4) is 0 Å². The number of anilines is 2. The summed E-state index contributed by atoms with van der Waals surface area (Å²) in [5.74, 6) is 3.22. The normalized spacial score (nSPS) is 20.2. The number of fused-ring (bicyclic) bond motifs is 1. The molecule has 4 rings (SSSR count). The molecule has 2 aliphatic heterocycles. The number of imidazole rings is 1. The summed E-state index contributed by atoms with van der Waals surface area (Å²) < 4.78 is 2.11. The Labute approximate surface area is 165 Å². The van der Waals surface area contributed by atoms with Gasteiger partial charge in [-0.3, -0.25) is 4.79 Å². The Morgan fingerprint density at radius 1 is 1.29 bits per heavy atom. The summed E-state index contributed by atoms with van der Waals surface area (Å²) in [6.07, 6.45) is 6.97. The number of carbonyl (C=O) groups is 1. The molecule has 8 nitrogen and oxygen atoms in total. The Morgan fingerprint density at radius 3 is 2.79 bits per heavy atom. The second kappa shape index (κ2) is 7.87. The van der Waals surface area contributed by atoms with Gasteiger partial charge in [-0.2, -0.15) is 0 Å². The van der Waals surface area contributed by atoms with Crippen LogP contribution in [0.4, 0.5) is 11.6 Å². The molecular formula is C20H28N6O2. The molecule has 0 bridgehead atoms. The van der Waals surface area contributed by atoms with Crippen molar-refractivity contribution in [3.63, 3.8) is 0 Å². The first-order chi connectivity index (χ1) is 13.6. The SMILES string of the molecule is CCc1cn(CCO)c(C2CCN(c3ncnc4c3[C@H](C)CC(=O)N4)CC2)n1. The highest BCUT2D eigenvalue weighted by atomic mass is 16.3. The third-order valence-electron chi connectivity index (χ3n) is 5.83. The molecule has 8 heteroatoms. The molecule has 0 aliphatic carbocycles. The summed E-state index contributed by atoms with van der Waals surface area (Å²) in [7, 11) is 0. The van der Waals surface area contributed by atoms with Crippen LogP contribution in [0, 0.1) is 0 Å². The maximum atomic E-state index is 11.8. The summed E-state index contributed by atoms with van der Waals surface area (Å²) in [6, 6.07) is 0. The monoisotopic (exact) mass is 384 g/mol. The molecule has 2 N–H and O–H groups in total. The predicted octanol–water partition coefficient (Wildman–Crippen LogP) is 2.06. The van der Waals surface area contributed by atoms with E-state index >= 15 is 0 Å². The third kappa shape index (κ3) is 3.48. The minimum absolute atomic E-state index is 0.0193. The number of aromatic nitrogens is 4. The minimum atomic E-state index is 0.0193. The molecule has 1 atom stereocenters. The van der Waals surface area contributed by atoms with Crippen molar-refractivity contribution in [3.05, 3.63) is 29.6 Å². The molecule has 1 amide bonds. The summed E-state index contributed by atoms with van der Waals surface area (Å²) in [6.45, 7) is 6.68. The third-order valence-corrected chi connectivity index (χ3v) is 5.83. The predicted molar refractivity (Wildman–Crippen MR) is 107 cm³/mol. The van der Waals surface area contributed by atoms with Crippen molar-refractivity contribution in [2.24, 2.45) is 0 Å². The molecule has 2 aromatic rings. The van der Waals surface area contributed by atoms with Gasteiger partial charge in [0.05, 0.1) is 12.3 Å². The molecule has 0 spiro atoms. The Balaban J connectivity index is 1.52. The largest absolute Gasteiger partial charge is 0.395 e. The van der Waals surface area contributed by atoms with E-state index in [-0.39, 0.29) is 18.4 Å². The number of piperidine rings is 1. The zero-order valence-corrected chi connectivity index (χ0v) is 16.6. The maximum Gasteiger partial charge on any atom is 0.226 e. The van der Waals surface area contributed by atoms with E-state index in [2.05, 4.69) is 44.8 Å². The fraction of sp³-hybridized carbons (Fsp3) is 0.600. The first kappa shape index (κ1) is 18.9. The lowest BCUT2D eigenvalue weighted by molar-refractivity contribution is -0.116. The number of carbonyl (C=O) groups excluding carboxylic acids is 1. The zero-order chi connectivity index (χ0) is 19.7. The topological polar surface area (TPSA) is 96.2 Å². The van der Waals surface area contributed by atoms with E-state index in [4.69, 9.17) is 4.98 Å². The van der Waals surface area contributed by atoms with E-state index < -0.39 is 0 Å². The molecule has 2 aromatic heterocycles. The van der Waals surface area contributed by atoms with Gasteiger partial charge in [0.2, 0.25) is 5.91 Å². The average Bonchev–Trinajstić information content (AvgIpc) is 3.11. The molecule has 0 radical (unpaired) electrons. The summed E-state index contributed by atoms with van der Waals surface area (Å²) in [4.78, 5) is 27.8. The second-order valence-electron chi connectivity index (χ2n) is 7.74. The summed E-state index contributed by atoms with van der Waals surface area (Å²) in [5, 5.41) is 12.3. The van der Waals surface area contributed by atoms with Gasteiger partial charge in [-0.25, -0.2) is 15.0 Å². The lowest BCUT2D eigenvalue weighted by Gasteiger charge is -2.35. The van der Waals surface area contributed by atoms with Crippen LogP contribution in [0.1, 0.15) is 62.0 Å². The van der Waals surface area contributed by atoms with Gasteiger partial charge in [-0.05, 0) is 25.2 Å². The molecule has 1 saturated heterocycles. The van der Waals surface area contributed by atoms with E-state index in [1.807, 2.05) is 0 Å². The number of hydrogen-bond acceptors (Lipinski definition) is 6. The molecule has 1 fully saturated rings. The standard InChI is InChI=1S/C20H28N6O2/c1-3-15-11-26(8-9-27)19(23-15)14-4-6-25(7-5-14)20-17-13(2)10-16(28)24-18(17)21-12-22-20/h11-14,27H,3-10H2,1-2H3,(H,21,22,24,28)/t13-/m1/s1. The van der Waals surface area contributed by atoms with Gasteiger partial charge in [0.25, 0.3) is 0 Å². The van der Waals surface area contributed by atoms with Crippen molar-refractivity contribution in [2.75, 3.05) is 29.9 Å². The van der Waals surface area contributed by atoms with Crippen molar-refractivity contribution in [1.82, 2.24) is 19.5 Å². The fourth-order valence-electron chi connectivity index (χ4n) is 4.37. The molecule has 0 aromatic carbocycles. The molecule has 4 heterocycles. The van der Waals surface area contributed by atoms with Gasteiger partial charge in [0, 0.05) is 43.7 Å². The van der Waals surface area contributed by atoms with Gasteiger partial charge < -0.3 is 19.9 Å². The summed E-state index contributed by atoms with van der Waals surface area (Å²) in [5.41, 5.74) is 2.14. The van der Waals surface area contributed by atoms with Crippen LogP contribution < -0.4 is 10.2 Å². The fourth-order valence-corrected chi connectivity index (χ4v) is 4.37. The Bertz CT molecular complexity index is 856. The maximum absolute atomic E-state index is 11.8. The smallest absolute Gasteiger partial charge is 0.226 e. The zero-order valence-electron chi connectivity index (χ0n) is 16.6. The number of aliphatic hydroxyl groups excluding tert-OH is 1. The lowest BCUT2D eigenvalue weighted by atomic mass is 9.92. The molecule has 28 heavy (non-hydrogen) atoms. The molecule has 2 aliphatic rings. The van der Waals surface area contributed by atoms with Crippen LogP contribution >= 0.6 is 0 Å². The lowest BCUT2D eigenvalue weighted by Crippen LogP contribution is -2.36. The number of nitrogens with one attached hydrogen (secondary N) is 1. The van der Waals surface area contributed by atoms with Crippen LogP contribution in [-0.4, -0.2) is 50.2 Å². The van der Waals surface area contributed by atoms with Gasteiger partial charge >= 0.3 is 0 Å². The van der Waals surface area contributed by atoms with E-state index in [0.29, 0.717) is 24.7 Å². The summed E-state index contributed by atoms with van der Waals surface area (Å²) >= 11 is 0. The van der Waals surface area contributed by atoms with Crippen LogP contribution in [0.5, 0.6) is 0 Å². The van der Waals surface area contributed by atoms with Crippen LogP contribution in [0.25, 0.3) is 0 Å². The van der Waals surface area contributed by atoms with Crippen molar-refractivity contribution < 1.29 is 9.90 Å². The number of hydrogen-bond donors (Lipinski definition) is 2. The van der Waals surface area contributed by atoms with Crippen LogP contribution in [0.15, 0.2) is 12.5 Å². The van der Waals surface area contributed by atoms with E-state index in [1.54, 1.807) is 6.33 Å². The van der Waals surface area contributed by atoms with Crippen molar-refractivity contribution in [1.29, 1.82) is 0 Å². The van der Waals surface area contributed by atoms with Gasteiger partial charge in [0.15, 0.2) is 0 Å². The van der Waals surface area contributed by atoms with E-state index in [0.717, 1.165) is 55.3 Å². The van der Waals surface area contributed by atoms with Gasteiger partial charge in [-0.15, -0.1) is 0 Å². The van der Waals surface area contributed by atoms with E-state index in [9.17, 15) is 9.90 Å². The van der Waals surface area contributed by atoms with E-state index in [1.165, 1.54) is 0 Å². The number of rotatable bonds is 5. The molecular weight excluding hydrogens is 356 g/mol. The highest BCUT2D eigenvalue weighted by Gasteiger charge is 2.31. The highest BCUT2D eigenvalue weighted by Crippen LogP contribution is 2.38. The Morgan fingerprint density at radius 2 is 2.07 bits per heavy atom. The van der Waals surface area contributed by atoms with Crippen molar-refractivity contribution >= 4 is 17.5 Å². The Hall–Kier alpha value is -2.48. The number of aryl methyl sites for hydroxylation is 1. The quantitative estimate of drug-likeness (QED) is 0.819.